The van der Waals surface area contributed by atoms with Gasteiger partial charge in [-0.2, -0.15) is 0 Å². The number of thiazole rings is 1. The summed E-state index contributed by atoms with van der Waals surface area (Å²) in [6, 6.07) is 5.99. The number of β-amino-alcohol motifs (C(OH)–C–C–N with tert-alkyl or cyclic N) is 1. The summed E-state index contributed by atoms with van der Waals surface area (Å²) in [6.45, 7) is 6.02. The molecule has 1 aliphatic heterocycles. The number of likely N-dealkylation sites (tertiary alicyclic amines) is 1. The Bertz CT molecular complexity index is 1010. The molecule has 4 rings (SSSR count). The number of nitrogens with zero attached hydrogens (tertiary/aromatic N) is 2. The van der Waals surface area contributed by atoms with Crippen LogP contribution >= 0.6 is 11.3 Å². The molecule has 7 nitrogen and oxygen atoms in total. The molecule has 1 saturated heterocycles. The number of hydrogen-bond donors (Lipinski definition) is 3. The van der Waals surface area contributed by atoms with Crippen molar-refractivity contribution in [1.82, 2.24) is 20.5 Å². The van der Waals surface area contributed by atoms with E-state index in [0.29, 0.717) is 19.4 Å². The number of amides is 2. The molecule has 2 amide bonds. The van der Waals surface area contributed by atoms with Crippen molar-refractivity contribution >= 4 is 23.2 Å². The molecule has 2 aliphatic rings. The molecule has 33 heavy (non-hydrogen) atoms. The number of nitrogens with one attached hydrogen (secondary N) is 2. The minimum Gasteiger partial charge on any atom is -0.391 e. The molecule has 178 valence electrons. The number of halogens is 1. The van der Waals surface area contributed by atoms with Gasteiger partial charge in [0.25, 0.3) is 0 Å². The zero-order valence-corrected chi connectivity index (χ0v) is 20.0. The van der Waals surface area contributed by atoms with Gasteiger partial charge in [-0.05, 0) is 30.9 Å². The number of aliphatic hydroxyl groups is 1. The molecule has 9 heteroatoms. The van der Waals surface area contributed by atoms with E-state index in [4.69, 9.17) is 0 Å². The number of aromatic nitrogens is 1. The van der Waals surface area contributed by atoms with Crippen LogP contribution in [0.3, 0.4) is 0 Å². The molecular weight excluding hydrogens is 443 g/mol. The summed E-state index contributed by atoms with van der Waals surface area (Å²) in [5.74, 6) is -0.793. The highest BCUT2D eigenvalue weighted by Crippen LogP contribution is 2.44. The highest BCUT2D eigenvalue weighted by Gasteiger charge is 2.56. The Morgan fingerprint density at radius 1 is 1.30 bits per heavy atom. The zero-order valence-electron chi connectivity index (χ0n) is 19.2. The summed E-state index contributed by atoms with van der Waals surface area (Å²) in [5, 5.41) is 16.1. The van der Waals surface area contributed by atoms with Gasteiger partial charge < -0.3 is 20.6 Å². The molecule has 1 aromatic carbocycles. The van der Waals surface area contributed by atoms with Gasteiger partial charge in [-0.1, -0.05) is 38.1 Å². The molecule has 0 spiro atoms. The van der Waals surface area contributed by atoms with Gasteiger partial charge in [0.2, 0.25) is 11.8 Å². The standard InChI is InChI=1S/C24H31FN4O3S/c1-14(2)28-21(24(25)8-9-24)23(32)29-12-18(30)10-19(29)22(31)26-11-16-4-6-17(7-5-16)20-15(3)27-13-33-20/h4-7,13-14,18-19,21,28,30H,8-12H2,1-3H3,(H,26,31). The Morgan fingerprint density at radius 2 is 2.00 bits per heavy atom. The number of carbonyl (C=O) groups is 2. The third kappa shape index (κ3) is 5.26. The molecule has 3 atom stereocenters. The fraction of sp³-hybridized carbons (Fsp3) is 0.542. The topological polar surface area (TPSA) is 94.6 Å². The first-order valence-corrected chi connectivity index (χ1v) is 12.3. The first-order chi connectivity index (χ1) is 15.7. The molecule has 3 N–H and O–H groups in total. The average molecular weight is 475 g/mol. The van der Waals surface area contributed by atoms with Crippen LogP contribution < -0.4 is 10.6 Å². The molecule has 1 aliphatic carbocycles. The Balaban J connectivity index is 1.40. The van der Waals surface area contributed by atoms with Crippen LogP contribution in [0.4, 0.5) is 4.39 Å². The van der Waals surface area contributed by atoms with E-state index in [-0.39, 0.29) is 24.9 Å². The number of alkyl halides is 1. The normalized spacial score (nSPS) is 22.4. The van der Waals surface area contributed by atoms with Crippen molar-refractivity contribution in [2.45, 2.75) is 76.5 Å². The maximum atomic E-state index is 14.9. The molecule has 3 unspecified atom stereocenters. The Morgan fingerprint density at radius 3 is 2.58 bits per heavy atom. The lowest BCUT2D eigenvalue weighted by atomic mass is 10.1. The van der Waals surface area contributed by atoms with E-state index < -0.39 is 29.8 Å². The molecule has 2 heterocycles. The number of benzene rings is 1. The maximum Gasteiger partial charge on any atom is 0.243 e. The molecule has 2 fully saturated rings. The van der Waals surface area contributed by atoms with E-state index in [9.17, 15) is 19.1 Å². The van der Waals surface area contributed by atoms with E-state index in [2.05, 4.69) is 15.6 Å². The first-order valence-electron chi connectivity index (χ1n) is 11.4. The van der Waals surface area contributed by atoms with Crippen molar-refractivity contribution in [1.29, 1.82) is 0 Å². The highest BCUT2D eigenvalue weighted by atomic mass is 32.1. The number of aryl methyl sites for hydroxylation is 1. The summed E-state index contributed by atoms with van der Waals surface area (Å²) in [5.41, 5.74) is 3.22. The second-order valence-electron chi connectivity index (χ2n) is 9.37. The van der Waals surface area contributed by atoms with Gasteiger partial charge in [0.15, 0.2) is 0 Å². The quantitative estimate of drug-likeness (QED) is 0.547. The SMILES string of the molecule is Cc1ncsc1-c1ccc(CNC(=O)C2CC(O)CN2C(=O)C(NC(C)C)C2(F)CC2)cc1. The van der Waals surface area contributed by atoms with E-state index in [1.807, 2.05) is 50.5 Å². The maximum absolute atomic E-state index is 14.9. The summed E-state index contributed by atoms with van der Waals surface area (Å²) in [4.78, 5) is 32.9. The van der Waals surface area contributed by atoms with Gasteiger partial charge >= 0.3 is 0 Å². The van der Waals surface area contributed by atoms with Crippen LogP contribution in [0.5, 0.6) is 0 Å². The Labute approximate surface area is 197 Å². The van der Waals surface area contributed by atoms with Crippen molar-refractivity contribution in [3.05, 3.63) is 41.0 Å². The lowest BCUT2D eigenvalue weighted by Gasteiger charge is -2.31. The van der Waals surface area contributed by atoms with Crippen molar-refractivity contribution in [2.75, 3.05) is 6.54 Å². The Kier molecular flexibility index (Phi) is 6.83. The van der Waals surface area contributed by atoms with Gasteiger partial charge in [0.05, 0.1) is 22.2 Å². The van der Waals surface area contributed by atoms with Crippen LogP contribution in [0.2, 0.25) is 0 Å². The van der Waals surface area contributed by atoms with Gasteiger partial charge in [-0.15, -0.1) is 11.3 Å². The summed E-state index contributed by atoms with van der Waals surface area (Å²) >= 11 is 1.58. The number of hydrogen-bond acceptors (Lipinski definition) is 6. The van der Waals surface area contributed by atoms with E-state index in [1.165, 1.54) is 4.90 Å². The molecule has 0 radical (unpaired) electrons. The highest BCUT2D eigenvalue weighted by molar-refractivity contribution is 7.13. The van der Waals surface area contributed by atoms with Crippen LogP contribution in [0, 0.1) is 6.92 Å². The third-order valence-corrected chi connectivity index (χ3v) is 7.26. The first kappa shape index (κ1) is 23.8. The van der Waals surface area contributed by atoms with Crippen LogP contribution in [0.25, 0.3) is 10.4 Å². The zero-order chi connectivity index (χ0) is 23.8. The van der Waals surface area contributed by atoms with Crippen LogP contribution in [-0.2, 0) is 16.1 Å². The average Bonchev–Trinajstić information content (AvgIpc) is 3.18. The minimum atomic E-state index is -1.58. The molecule has 1 saturated carbocycles. The van der Waals surface area contributed by atoms with Crippen molar-refractivity contribution in [3.8, 4) is 10.4 Å². The van der Waals surface area contributed by atoms with Crippen LogP contribution in [0.15, 0.2) is 29.8 Å². The van der Waals surface area contributed by atoms with E-state index >= 15 is 0 Å². The van der Waals surface area contributed by atoms with Crippen LogP contribution in [-0.4, -0.2) is 63.2 Å². The van der Waals surface area contributed by atoms with Crippen LogP contribution in [0.1, 0.15) is 44.4 Å². The third-order valence-electron chi connectivity index (χ3n) is 6.29. The summed E-state index contributed by atoms with van der Waals surface area (Å²) < 4.78 is 14.9. The Hall–Kier alpha value is -2.36. The second-order valence-corrected chi connectivity index (χ2v) is 10.2. The van der Waals surface area contributed by atoms with Crippen molar-refractivity contribution in [3.63, 3.8) is 0 Å². The fourth-order valence-electron chi connectivity index (χ4n) is 4.32. The molecule has 0 bridgehead atoms. The monoisotopic (exact) mass is 474 g/mol. The number of aliphatic hydroxyl groups excluding tert-OH is 1. The molecular formula is C24H31FN4O3S. The predicted molar refractivity (Wildman–Crippen MR) is 125 cm³/mol. The van der Waals surface area contributed by atoms with Gasteiger partial charge in [-0.3, -0.25) is 9.59 Å². The lowest BCUT2D eigenvalue weighted by molar-refractivity contribution is -0.142. The largest absolute Gasteiger partial charge is 0.391 e. The molecule has 2 aromatic rings. The lowest BCUT2D eigenvalue weighted by Crippen LogP contribution is -2.57. The number of rotatable bonds is 8. The van der Waals surface area contributed by atoms with Gasteiger partial charge in [0.1, 0.15) is 17.8 Å². The predicted octanol–water partition coefficient (Wildman–Crippen LogP) is 2.57. The fourth-order valence-corrected chi connectivity index (χ4v) is 5.13. The van der Waals surface area contributed by atoms with E-state index in [0.717, 1.165) is 21.7 Å². The second kappa shape index (κ2) is 9.48. The van der Waals surface area contributed by atoms with Gasteiger partial charge in [0, 0.05) is 25.6 Å². The summed E-state index contributed by atoms with van der Waals surface area (Å²) in [7, 11) is 0. The smallest absolute Gasteiger partial charge is 0.243 e. The minimum absolute atomic E-state index is 0.0339. The molecule has 1 aromatic heterocycles. The van der Waals surface area contributed by atoms with Crippen molar-refractivity contribution in [2.24, 2.45) is 0 Å². The van der Waals surface area contributed by atoms with Gasteiger partial charge in [-0.25, -0.2) is 9.37 Å². The van der Waals surface area contributed by atoms with Crippen molar-refractivity contribution < 1.29 is 19.1 Å². The summed E-state index contributed by atoms with van der Waals surface area (Å²) in [6.07, 6.45) is -0.00323. The number of carbonyl (C=O) groups excluding carboxylic acids is 2. The van der Waals surface area contributed by atoms with E-state index in [1.54, 1.807) is 11.3 Å².